The highest BCUT2D eigenvalue weighted by molar-refractivity contribution is 7.89. The zero-order valence-corrected chi connectivity index (χ0v) is 16.3. The molecule has 5 nitrogen and oxygen atoms in total. The summed E-state index contributed by atoms with van der Waals surface area (Å²) in [5.41, 5.74) is 1.80. The molecule has 1 heterocycles. The Morgan fingerprint density at radius 1 is 1.12 bits per heavy atom. The van der Waals surface area contributed by atoms with Crippen LogP contribution in [-0.2, 0) is 16.4 Å². The van der Waals surface area contributed by atoms with Gasteiger partial charge >= 0.3 is 0 Å². The summed E-state index contributed by atoms with van der Waals surface area (Å²) in [4.78, 5) is 14.9. The van der Waals surface area contributed by atoms with Gasteiger partial charge in [0.1, 0.15) is 0 Å². The van der Waals surface area contributed by atoms with Gasteiger partial charge < -0.3 is 4.90 Å². The first-order chi connectivity index (χ1) is 12.1. The van der Waals surface area contributed by atoms with Crippen LogP contribution in [0.2, 0.25) is 0 Å². The monoisotopic (exact) mass is 372 g/mol. The van der Waals surface area contributed by atoms with Crippen LogP contribution in [0.25, 0.3) is 0 Å². The molecule has 0 fully saturated rings. The maximum absolute atomic E-state index is 13.1. The van der Waals surface area contributed by atoms with E-state index in [2.05, 4.69) is 4.72 Å². The van der Waals surface area contributed by atoms with E-state index < -0.39 is 15.6 Å². The Bertz CT molecular complexity index is 946. The summed E-state index contributed by atoms with van der Waals surface area (Å²) in [5.74, 6) is -0.185. The topological polar surface area (TPSA) is 66.5 Å². The lowest BCUT2D eigenvalue weighted by atomic mass is 10.1. The predicted octanol–water partition coefficient (Wildman–Crippen LogP) is 3.35. The zero-order chi connectivity index (χ0) is 19.1. The highest BCUT2D eigenvalue weighted by Crippen LogP contribution is 2.33. The van der Waals surface area contributed by atoms with E-state index in [4.69, 9.17) is 0 Å². The molecule has 2 aromatic carbocycles. The van der Waals surface area contributed by atoms with E-state index in [1.807, 2.05) is 31.2 Å². The third kappa shape index (κ3) is 3.66. The molecule has 3 rings (SSSR count). The lowest BCUT2D eigenvalue weighted by Gasteiger charge is -2.23. The van der Waals surface area contributed by atoms with E-state index >= 15 is 0 Å². The molecule has 0 aliphatic carbocycles. The third-order valence-electron chi connectivity index (χ3n) is 4.26. The number of rotatable bonds is 3. The zero-order valence-electron chi connectivity index (χ0n) is 15.5. The van der Waals surface area contributed by atoms with Gasteiger partial charge in [-0.2, -0.15) is 0 Å². The van der Waals surface area contributed by atoms with Crippen molar-refractivity contribution in [1.82, 2.24) is 4.72 Å². The molecule has 1 atom stereocenters. The lowest BCUT2D eigenvalue weighted by molar-refractivity contribution is 0.0981. The third-order valence-corrected chi connectivity index (χ3v) is 6.01. The molecule has 1 aliphatic heterocycles. The SMILES string of the molecule is CC1Cc2ccccc2N1C(=O)c1cccc(S(=O)(=O)NC(C)(C)C)c1. The quantitative estimate of drug-likeness (QED) is 0.898. The number of hydrogen-bond acceptors (Lipinski definition) is 3. The van der Waals surface area contributed by atoms with Crippen molar-refractivity contribution in [1.29, 1.82) is 0 Å². The van der Waals surface area contributed by atoms with Crippen LogP contribution in [-0.4, -0.2) is 25.9 Å². The lowest BCUT2D eigenvalue weighted by Crippen LogP contribution is -2.40. The van der Waals surface area contributed by atoms with Crippen LogP contribution in [0.4, 0.5) is 5.69 Å². The molecule has 0 saturated carbocycles. The van der Waals surface area contributed by atoms with Gasteiger partial charge in [0.15, 0.2) is 0 Å². The van der Waals surface area contributed by atoms with Gasteiger partial charge in [-0.05, 0) is 63.9 Å². The minimum absolute atomic E-state index is 0.0351. The fourth-order valence-electron chi connectivity index (χ4n) is 3.27. The molecule has 1 N–H and O–H groups in total. The fourth-order valence-corrected chi connectivity index (χ4v) is 4.74. The first-order valence-corrected chi connectivity index (χ1v) is 10.1. The van der Waals surface area contributed by atoms with Crippen LogP contribution in [0.3, 0.4) is 0 Å². The number of anilines is 1. The Kier molecular flexibility index (Phi) is 4.67. The Hall–Kier alpha value is -2.18. The number of amides is 1. The van der Waals surface area contributed by atoms with Crippen molar-refractivity contribution < 1.29 is 13.2 Å². The Balaban J connectivity index is 1.95. The van der Waals surface area contributed by atoms with Crippen LogP contribution in [0.1, 0.15) is 43.6 Å². The Morgan fingerprint density at radius 2 is 1.81 bits per heavy atom. The van der Waals surface area contributed by atoms with E-state index in [-0.39, 0.29) is 16.8 Å². The van der Waals surface area contributed by atoms with Gasteiger partial charge in [0, 0.05) is 22.8 Å². The second-order valence-corrected chi connectivity index (χ2v) is 9.42. The van der Waals surface area contributed by atoms with E-state index in [0.717, 1.165) is 17.7 Å². The van der Waals surface area contributed by atoms with Gasteiger partial charge in [0.25, 0.3) is 5.91 Å². The largest absolute Gasteiger partial charge is 0.305 e. The molecule has 0 aromatic heterocycles. The second kappa shape index (κ2) is 6.52. The summed E-state index contributed by atoms with van der Waals surface area (Å²) in [6, 6.07) is 14.1. The number of sulfonamides is 1. The van der Waals surface area contributed by atoms with Crippen LogP contribution in [0.5, 0.6) is 0 Å². The summed E-state index contributed by atoms with van der Waals surface area (Å²) < 4.78 is 27.8. The average Bonchev–Trinajstić information content (AvgIpc) is 2.88. The summed E-state index contributed by atoms with van der Waals surface area (Å²) >= 11 is 0. The minimum atomic E-state index is -3.69. The maximum atomic E-state index is 13.1. The van der Waals surface area contributed by atoms with Crippen LogP contribution in [0.15, 0.2) is 53.4 Å². The highest BCUT2D eigenvalue weighted by atomic mass is 32.2. The van der Waals surface area contributed by atoms with Crippen molar-refractivity contribution in [2.24, 2.45) is 0 Å². The van der Waals surface area contributed by atoms with E-state index in [0.29, 0.717) is 5.56 Å². The van der Waals surface area contributed by atoms with Gasteiger partial charge in [-0.3, -0.25) is 4.79 Å². The summed E-state index contributed by atoms with van der Waals surface area (Å²) in [6.07, 6.45) is 0.797. The summed E-state index contributed by atoms with van der Waals surface area (Å²) in [5, 5.41) is 0. The average molecular weight is 372 g/mol. The Morgan fingerprint density at radius 3 is 2.50 bits per heavy atom. The van der Waals surface area contributed by atoms with Gasteiger partial charge in [-0.1, -0.05) is 24.3 Å². The van der Waals surface area contributed by atoms with Crippen LogP contribution >= 0.6 is 0 Å². The van der Waals surface area contributed by atoms with E-state index in [9.17, 15) is 13.2 Å². The summed E-state index contributed by atoms with van der Waals surface area (Å²) in [7, 11) is -3.69. The number of para-hydroxylation sites is 1. The van der Waals surface area contributed by atoms with E-state index in [1.165, 1.54) is 12.1 Å². The van der Waals surface area contributed by atoms with Crippen molar-refractivity contribution in [2.45, 2.75) is 50.6 Å². The molecular weight excluding hydrogens is 348 g/mol. The second-order valence-electron chi connectivity index (χ2n) is 7.74. The van der Waals surface area contributed by atoms with Gasteiger partial charge in [0.2, 0.25) is 10.0 Å². The molecule has 6 heteroatoms. The number of carbonyl (C=O) groups excluding carboxylic acids is 1. The van der Waals surface area contributed by atoms with Gasteiger partial charge in [-0.25, -0.2) is 13.1 Å². The molecule has 2 aromatic rings. The molecule has 26 heavy (non-hydrogen) atoms. The molecule has 0 saturated heterocycles. The van der Waals surface area contributed by atoms with Crippen molar-refractivity contribution in [3.05, 3.63) is 59.7 Å². The number of benzene rings is 2. The molecule has 1 amide bonds. The number of nitrogens with one attached hydrogen (secondary N) is 1. The van der Waals surface area contributed by atoms with E-state index in [1.54, 1.807) is 37.8 Å². The number of hydrogen-bond donors (Lipinski definition) is 1. The first-order valence-electron chi connectivity index (χ1n) is 8.64. The molecular formula is C20H24N2O3S. The number of fused-ring (bicyclic) bond motifs is 1. The summed E-state index contributed by atoms with van der Waals surface area (Å²) in [6.45, 7) is 7.34. The standard InChI is InChI=1S/C20H24N2O3S/c1-14-12-15-8-5-6-11-18(15)22(14)19(23)16-9-7-10-17(13-16)26(24,25)21-20(2,3)4/h5-11,13-14,21H,12H2,1-4H3. The first kappa shape index (κ1) is 18.6. The van der Waals surface area contributed by atoms with Gasteiger partial charge in [-0.15, -0.1) is 0 Å². The smallest absolute Gasteiger partial charge is 0.258 e. The van der Waals surface area contributed by atoms with Crippen LogP contribution in [0, 0.1) is 0 Å². The maximum Gasteiger partial charge on any atom is 0.258 e. The molecule has 0 spiro atoms. The highest BCUT2D eigenvalue weighted by Gasteiger charge is 2.32. The van der Waals surface area contributed by atoms with Gasteiger partial charge in [0.05, 0.1) is 4.90 Å². The normalized spacial score (nSPS) is 17.2. The molecule has 0 bridgehead atoms. The minimum Gasteiger partial charge on any atom is -0.305 e. The van der Waals surface area contributed by atoms with Crippen molar-refractivity contribution >= 4 is 21.6 Å². The predicted molar refractivity (Wildman–Crippen MR) is 103 cm³/mol. The molecule has 1 aliphatic rings. The number of nitrogens with zero attached hydrogens (tertiary/aromatic N) is 1. The number of carbonyl (C=O) groups is 1. The fraction of sp³-hybridized carbons (Fsp3) is 0.350. The molecule has 138 valence electrons. The van der Waals surface area contributed by atoms with Crippen LogP contribution < -0.4 is 9.62 Å². The van der Waals surface area contributed by atoms with Crippen molar-refractivity contribution in [3.8, 4) is 0 Å². The van der Waals surface area contributed by atoms with Crippen molar-refractivity contribution in [3.63, 3.8) is 0 Å². The Labute approximate surface area is 155 Å². The molecule has 1 unspecified atom stereocenters. The molecule has 0 radical (unpaired) electrons. The van der Waals surface area contributed by atoms with Crippen molar-refractivity contribution in [2.75, 3.05) is 4.90 Å².